The molecule has 0 aliphatic carbocycles. The van der Waals surface area contributed by atoms with Crippen LogP contribution in [-0.4, -0.2) is 28.0 Å². The van der Waals surface area contributed by atoms with Gasteiger partial charge in [0.1, 0.15) is 9.96 Å². The zero-order valence-corrected chi connectivity index (χ0v) is 19.4. The lowest BCUT2D eigenvalue weighted by Crippen LogP contribution is -2.25. The third-order valence-corrected chi connectivity index (χ3v) is 8.10. The van der Waals surface area contributed by atoms with E-state index in [1.54, 1.807) is 41.8 Å². The molecule has 2 aromatic carbocycles. The second kappa shape index (κ2) is 9.98. The van der Waals surface area contributed by atoms with Gasteiger partial charge in [-0.3, -0.25) is 9.10 Å². The molecule has 0 radical (unpaired) electrons. The minimum absolute atomic E-state index is 0.135. The summed E-state index contributed by atoms with van der Waals surface area (Å²) in [6, 6.07) is 15.9. The van der Waals surface area contributed by atoms with Crippen molar-refractivity contribution in [3.05, 3.63) is 71.1 Å². The minimum Gasteiger partial charge on any atom is -0.484 e. The van der Waals surface area contributed by atoms with Crippen LogP contribution in [-0.2, 0) is 27.7 Å². The number of carbonyl (C=O) groups is 1. The first kappa shape index (κ1) is 22.8. The fourth-order valence-corrected chi connectivity index (χ4v) is 5.52. The standard InChI is InChI=1S/C23H26N2O4S2/c1-4-17-8-6-9-18(5-2)23(17)24-21(26)16-29-20-13-11-19(12-14-20)25(3)31(27,28)22-10-7-15-30-22/h6-15H,4-5,16H2,1-3H3,(H,24,26). The van der Waals surface area contributed by atoms with Gasteiger partial charge in [-0.25, -0.2) is 8.42 Å². The molecule has 31 heavy (non-hydrogen) atoms. The molecule has 0 saturated heterocycles. The molecule has 0 saturated carbocycles. The number of thiophene rings is 1. The number of carbonyl (C=O) groups excluding carboxylic acids is 1. The number of nitrogens with one attached hydrogen (secondary N) is 1. The number of amides is 1. The van der Waals surface area contributed by atoms with Crippen molar-refractivity contribution in [3.8, 4) is 5.75 Å². The highest BCUT2D eigenvalue weighted by Gasteiger charge is 2.22. The van der Waals surface area contributed by atoms with Crippen molar-refractivity contribution in [1.29, 1.82) is 0 Å². The lowest BCUT2D eigenvalue weighted by atomic mass is 10.0. The van der Waals surface area contributed by atoms with Crippen LogP contribution in [0.5, 0.6) is 5.75 Å². The zero-order valence-electron chi connectivity index (χ0n) is 17.8. The van der Waals surface area contributed by atoms with E-state index in [0.29, 0.717) is 11.4 Å². The zero-order chi connectivity index (χ0) is 22.4. The van der Waals surface area contributed by atoms with Gasteiger partial charge in [0.15, 0.2) is 6.61 Å². The summed E-state index contributed by atoms with van der Waals surface area (Å²) >= 11 is 1.17. The average molecular weight is 459 g/mol. The molecule has 1 aromatic heterocycles. The van der Waals surface area contributed by atoms with Crippen LogP contribution in [0.15, 0.2) is 64.2 Å². The van der Waals surface area contributed by atoms with E-state index in [1.165, 1.54) is 22.7 Å². The van der Waals surface area contributed by atoms with Crippen LogP contribution < -0.4 is 14.4 Å². The van der Waals surface area contributed by atoms with Gasteiger partial charge < -0.3 is 10.1 Å². The van der Waals surface area contributed by atoms with E-state index < -0.39 is 10.0 Å². The van der Waals surface area contributed by atoms with Gasteiger partial charge in [0.05, 0.1) is 5.69 Å². The highest BCUT2D eigenvalue weighted by atomic mass is 32.2. The second-order valence-electron chi connectivity index (χ2n) is 6.89. The summed E-state index contributed by atoms with van der Waals surface area (Å²) in [5.74, 6) is 0.248. The first-order chi connectivity index (χ1) is 14.9. The molecule has 0 aliphatic heterocycles. The maximum Gasteiger partial charge on any atom is 0.273 e. The Morgan fingerprint density at radius 1 is 1.00 bits per heavy atom. The number of anilines is 2. The molecular formula is C23H26N2O4S2. The Labute approximate surface area is 187 Å². The van der Waals surface area contributed by atoms with E-state index in [9.17, 15) is 13.2 Å². The smallest absolute Gasteiger partial charge is 0.273 e. The van der Waals surface area contributed by atoms with Crippen molar-refractivity contribution in [2.24, 2.45) is 0 Å². The third-order valence-electron chi connectivity index (χ3n) is 4.94. The van der Waals surface area contributed by atoms with Crippen molar-refractivity contribution in [2.75, 3.05) is 23.3 Å². The largest absolute Gasteiger partial charge is 0.484 e. The number of benzene rings is 2. The summed E-state index contributed by atoms with van der Waals surface area (Å²) in [6.07, 6.45) is 1.65. The topological polar surface area (TPSA) is 75.7 Å². The second-order valence-corrected chi connectivity index (χ2v) is 10.0. The normalized spacial score (nSPS) is 11.2. The molecule has 1 heterocycles. The van der Waals surface area contributed by atoms with Gasteiger partial charge in [0, 0.05) is 12.7 Å². The summed E-state index contributed by atoms with van der Waals surface area (Å²) in [5.41, 5.74) is 3.55. The number of sulfonamides is 1. The molecule has 1 amide bonds. The molecule has 0 bridgehead atoms. The van der Waals surface area contributed by atoms with Crippen LogP contribution in [0.4, 0.5) is 11.4 Å². The van der Waals surface area contributed by atoms with E-state index in [0.717, 1.165) is 29.7 Å². The molecule has 3 aromatic rings. The monoisotopic (exact) mass is 458 g/mol. The highest BCUT2D eigenvalue weighted by Crippen LogP contribution is 2.27. The van der Waals surface area contributed by atoms with Crippen molar-refractivity contribution < 1.29 is 17.9 Å². The van der Waals surface area contributed by atoms with Crippen LogP contribution in [0.2, 0.25) is 0 Å². The number of aryl methyl sites for hydroxylation is 2. The van der Waals surface area contributed by atoms with Gasteiger partial charge in [-0.1, -0.05) is 38.1 Å². The van der Waals surface area contributed by atoms with Crippen molar-refractivity contribution in [3.63, 3.8) is 0 Å². The molecule has 0 unspecified atom stereocenters. The summed E-state index contributed by atoms with van der Waals surface area (Å²) in [7, 11) is -2.08. The Morgan fingerprint density at radius 2 is 1.65 bits per heavy atom. The molecular weight excluding hydrogens is 432 g/mol. The minimum atomic E-state index is -3.59. The Bertz CT molecular complexity index is 1100. The number of nitrogens with zero attached hydrogens (tertiary/aromatic N) is 1. The van der Waals surface area contributed by atoms with Gasteiger partial charge in [0.25, 0.3) is 15.9 Å². The molecule has 1 N–H and O–H groups in total. The Hall–Kier alpha value is -2.84. The van der Waals surface area contributed by atoms with E-state index in [4.69, 9.17) is 4.74 Å². The molecule has 0 fully saturated rings. The predicted molar refractivity (Wildman–Crippen MR) is 126 cm³/mol. The molecule has 6 nitrogen and oxygen atoms in total. The molecule has 3 rings (SSSR count). The van der Waals surface area contributed by atoms with Crippen LogP contribution >= 0.6 is 11.3 Å². The Kier molecular flexibility index (Phi) is 7.35. The fraction of sp³-hybridized carbons (Fsp3) is 0.261. The van der Waals surface area contributed by atoms with Crippen LogP contribution in [0.3, 0.4) is 0 Å². The predicted octanol–water partition coefficient (Wildman–Crippen LogP) is 4.72. The summed E-state index contributed by atoms with van der Waals surface area (Å²) in [5, 5.41) is 4.69. The number of ether oxygens (including phenoxy) is 1. The van der Waals surface area contributed by atoms with Crippen LogP contribution in [0.25, 0.3) is 0 Å². The Balaban J connectivity index is 1.63. The molecule has 0 spiro atoms. The van der Waals surface area contributed by atoms with E-state index in [-0.39, 0.29) is 16.7 Å². The molecule has 0 atom stereocenters. The quantitative estimate of drug-likeness (QED) is 0.504. The van der Waals surface area contributed by atoms with Crippen molar-refractivity contribution >= 4 is 38.6 Å². The number of rotatable bonds is 9. The van der Waals surface area contributed by atoms with E-state index >= 15 is 0 Å². The molecule has 164 valence electrons. The first-order valence-corrected chi connectivity index (χ1v) is 12.3. The van der Waals surface area contributed by atoms with Gasteiger partial charge in [-0.2, -0.15) is 0 Å². The Morgan fingerprint density at radius 3 is 2.19 bits per heavy atom. The lowest BCUT2D eigenvalue weighted by molar-refractivity contribution is -0.118. The maximum atomic E-state index is 12.6. The summed E-state index contributed by atoms with van der Waals surface area (Å²) in [6.45, 7) is 3.97. The SMILES string of the molecule is CCc1cccc(CC)c1NC(=O)COc1ccc(N(C)S(=O)(=O)c2cccs2)cc1. The van der Waals surface area contributed by atoms with Crippen molar-refractivity contribution in [1.82, 2.24) is 0 Å². The first-order valence-electron chi connectivity index (χ1n) is 10.0. The van der Waals surface area contributed by atoms with Crippen LogP contribution in [0, 0.1) is 0 Å². The third kappa shape index (κ3) is 5.26. The summed E-state index contributed by atoms with van der Waals surface area (Å²) in [4.78, 5) is 12.4. The average Bonchev–Trinajstić information content (AvgIpc) is 3.33. The van der Waals surface area contributed by atoms with Gasteiger partial charge in [0.2, 0.25) is 0 Å². The van der Waals surface area contributed by atoms with E-state index in [1.807, 2.05) is 18.2 Å². The van der Waals surface area contributed by atoms with Gasteiger partial charge in [-0.05, 0) is 59.7 Å². The molecule has 8 heteroatoms. The van der Waals surface area contributed by atoms with Crippen LogP contribution in [0.1, 0.15) is 25.0 Å². The lowest BCUT2D eigenvalue weighted by Gasteiger charge is -2.19. The summed E-state index contributed by atoms with van der Waals surface area (Å²) < 4.78 is 32.4. The van der Waals surface area contributed by atoms with Gasteiger partial charge in [-0.15, -0.1) is 11.3 Å². The fourth-order valence-electron chi connectivity index (χ4n) is 3.16. The number of para-hydroxylation sites is 1. The van der Waals surface area contributed by atoms with E-state index in [2.05, 4.69) is 19.2 Å². The highest BCUT2D eigenvalue weighted by molar-refractivity contribution is 7.94. The van der Waals surface area contributed by atoms with Gasteiger partial charge >= 0.3 is 0 Å². The van der Waals surface area contributed by atoms with Crippen molar-refractivity contribution in [2.45, 2.75) is 30.9 Å². The maximum absolute atomic E-state index is 12.6. The number of hydrogen-bond donors (Lipinski definition) is 1. The number of hydrogen-bond acceptors (Lipinski definition) is 5. The molecule has 0 aliphatic rings.